The molecule has 6 nitrogen and oxygen atoms in total. The summed E-state index contributed by atoms with van der Waals surface area (Å²) >= 11 is 3.49. The molecule has 1 atom stereocenters. The maximum atomic E-state index is 10.3. The highest BCUT2D eigenvalue weighted by Gasteiger charge is 2.11. The Morgan fingerprint density at radius 2 is 2.12 bits per heavy atom. The van der Waals surface area contributed by atoms with Crippen molar-refractivity contribution < 1.29 is 5.11 Å². The molecule has 0 saturated carbocycles. The zero-order valence-corrected chi connectivity index (χ0v) is 18.6. The highest BCUT2D eigenvalue weighted by Crippen LogP contribution is 2.15. The van der Waals surface area contributed by atoms with Crippen molar-refractivity contribution in [2.24, 2.45) is 12.0 Å². The number of guanidine groups is 1. The van der Waals surface area contributed by atoms with Gasteiger partial charge in [0.15, 0.2) is 5.96 Å². The van der Waals surface area contributed by atoms with Gasteiger partial charge in [-0.05, 0) is 46.6 Å². The number of nitrogens with zero attached hydrogens (tertiary/aromatic N) is 4. The molecule has 2 aromatic rings. The monoisotopic (exact) mass is 521 g/mol. The summed E-state index contributed by atoms with van der Waals surface area (Å²) in [7, 11) is 4.01. The van der Waals surface area contributed by atoms with Crippen LogP contribution in [0.15, 0.2) is 46.3 Å². The molecule has 25 heavy (non-hydrogen) atoms. The highest BCUT2D eigenvalue weighted by atomic mass is 127. The van der Waals surface area contributed by atoms with Crippen LogP contribution in [0, 0.1) is 0 Å². The van der Waals surface area contributed by atoms with Gasteiger partial charge in [0.1, 0.15) is 0 Å². The van der Waals surface area contributed by atoms with Crippen molar-refractivity contribution in [2.45, 2.75) is 19.6 Å². The Balaban J connectivity index is 0.00000312. The SMILES string of the molecule is CCNC(=NCC(O)c1ccncc1)N(C)Cc1cc(Br)cn1C.I. The van der Waals surface area contributed by atoms with Gasteiger partial charge < -0.3 is 19.9 Å². The van der Waals surface area contributed by atoms with E-state index in [0.29, 0.717) is 6.54 Å². The molecule has 2 rings (SSSR count). The number of rotatable bonds is 6. The van der Waals surface area contributed by atoms with Crippen LogP contribution in [-0.2, 0) is 13.6 Å². The molecule has 0 radical (unpaired) electrons. The van der Waals surface area contributed by atoms with Gasteiger partial charge in [-0.25, -0.2) is 0 Å². The number of aryl methyl sites for hydroxylation is 1. The third kappa shape index (κ3) is 6.59. The lowest BCUT2D eigenvalue weighted by atomic mass is 10.1. The summed E-state index contributed by atoms with van der Waals surface area (Å²) in [6.07, 6.45) is 4.74. The minimum absolute atomic E-state index is 0. The summed E-state index contributed by atoms with van der Waals surface area (Å²) in [5.41, 5.74) is 1.99. The van der Waals surface area contributed by atoms with Crippen LogP contribution < -0.4 is 5.32 Å². The average molecular weight is 522 g/mol. The summed E-state index contributed by atoms with van der Waals surface area (Å²) in [5, 5.41) is 13.5. The van der Waals surface area contributed by atoms with Gasteiger partial charge in [-0.15, -0.1) is 24.0 Å². The van der Waals surface area contributed by atoms with E-state index in [0.717, 1.165) is 29.1 Å². The molecule has 2 heterocycles. The molecule has 2 aromatic heterocycles. The molecule has 2 N–H and O–H groups in total. The van der Waals surface area contributed by atoms with Crippen LogP contribution in [0.3, 0.4) is 0 Å². The first-order chi connectivity index (χ1) is 11.5. The van der Waals surface area contributed by atoms with Crippen LogP contribution in [0.5, 0.6) is 0 Å². The second kappa shape index (κ2) is 10.8. The van der Waals surface area contributed by atoms with E-state index in [2.05, 4.69) is 41.9 Å². The molecule has 0 aliphatic carbocycles. The largest absolute Gasteiger partial charge is 0.386 e. The minimum atomic E-state index is -0.640. The smallest absolute Gasteiger partial charge is 0.194 e. The van der Waals surface area contributed by atoms with Crippen LogP contribution in [0.1, 0.15) is 24.3 Å². The maximum Gasteiger partial charge on any atom is 0.194 e. The van der Waals surface area contributed by atoms with Gasteiger partial charge in [-0.2, -0.15) is 0 Å². The number of aromatic nitrogens is 2. The summed E-state index contributed by atoms with van der Waals surface area (Å²) in [6.45, 7) is 3.82. The molecule has 0 aliphatic heterocycles. The van der Waals surface area contributed by atoms with Crippen molar-refractivity contribution in [3.8, 4) is 0 Å². The van der Waals surface area contributed by atoms with Gasteiger partial charge in [0.05, 0.1) is 19.2 Å². The zero-order valence-electron chi connectivity index (χ0n) is 14.7. The Labute approximate surface area is 174 Å². The fourth-order valence-corrected chi connectivity index (χ4v) is 2.95. The quantitative estimate of drug-likeness (QED) is 0.348. The molecule has 0 fully saturated rings. The molecule has 8 heteroatoms. The van der Waals surface area contributed by atoms with E-state index in [4.69, 9.17) is 0 Å². The van der Waals surface area contributed by atoms with E-state index in [1.54, 1.807) is 24.5 Å². The van der Waals surface area contributed by atoms with E-state index in [1.165, 1.54) is 5.69 Å². The van der Waals surface area contributed by atoms with Crippen LogP contribution >= 0.6 is 39.9 Å². The molecular formula is C17H25BrIN5O. The normalized spacial score (nSPS) is 12.4. The Bertz CT molecular complexity index is 677. The minimum Gasteiger partial charge on any atom is -0.386 e. The molecule has 1 unspecified atom stereocenters. The number of nitrogens with one attached hydrogen (secondary N) is 1. The number of hydrogen-bond donors (Lipinski definition) is 2. The third-order valence-corrected chi connectivity index (χ3v) is 4.11. The standard InChI is InChI=1S/C17H24BrN5O.HI/c1-4-20-17(21-10-16(24)13-5-7-19-8-6-13)23(3)12-15-9-14(18)11-22(15)2;/h5-9,11,16,24H,4,10,12H2,1-3H3,(H,20,21);1H. The lowest BCUT2D eigenvalue weighted by Gasteiger charge is -2.23. The summed E-state index contributed by atoms with van der Waals surface area (Å²) in [5.74, 6) is 0.767. The van der Waals surface area contributed by atoms with E-state index in [1.807, 2.05) is 32.1 Å². The lowest BCUT2D eigenvalue weighted by Crippen LogP contribution is -2.39. The molecule has 0 aromatic carbocycles. The fraction of sp³-hybridized carbons (Fsp3) is 0.412. The number of halogens is 2. The number of aliphatic imine (C=N–C) groups is 1. The van der Waals surface area contributed by atoms with Gasteiger partial charge in [0.2, 0.25) is 0 Å². The van der Waals surface area contributed by atoms with Crippen molar-refractivity contribution >= 4 is 45.9 Å². The Morgan fingerprint density at radius 1 is 1.44 bits per heavy atom. The van der Waals surface area contributed by atoms with Gasteiger partial charge >= 0.3 is 0 Å². The van der Waals surface area contributed by atoms with Crippen molar-refractivity contribution in [3.63, 3.8) is 0 Å². The average Bonchev–Trinajstić information content (AvgIpc) is 2.89. The Morgan fingerprint density at radius 3 is 2.68 bits per heavy atom. The summed E-state index contributed by atoms with van der Waals surface area (Å²) in [6, 6.07) is 5.70. The number of pyridine rings is 1. The first kappa shape index (κ1) is 21.9. The number of aliphatic hydroxyl groups is 1. The topological polar surface area (TPSA) is 65.7 Å². The maximum absolute atomic E-state index is 10.3. The molecule has 138 valence electrons. The number of hydrogen-bond acceptors (Lipinski definition) is 3. The van der Waals surface area contributed by atoms with E-state index >= 15 is 0 Å². The predicted octanol–water partition coefficient (Wildman–Crippen LogP) is 2.93. The molecule has 0 aliphatic rings. The van der Waals surface area contributed by atoms with E-state index in [-0.39, 0.29) is 24.0 Å². The van der Waals surface area contributed by atoms with Crippen LogP contribution in [0.25, 0.3) is 0 Å². The van der Waals surface area contributed by atoms with Gasteiger partial charge in [-0.1, -0.05) is 0 Å². The fourth-order valence-electron chi connectivity index (χ4n) is 2.37. The van der Waals surface area contributed by atoms with Crippen molar-refractivity contribution in [1.82, 2.24) is 19.8 Å². The number of aliphatic hydroxyl groups excluding tert-OH is 1. The molecule has 0 bridgehead atoms. The van der Waals surface area contributed by atoms with E-state index < -0.39 is 6.10 Å². The second-order valence-electron chi connectivity index (χ2n) is 5.61. The summed E-state index contributed by atoms with van der Waals surface area (Å²) < 4.78 is 3.14. The zero-order chi connectivity index (χ0) is 17.5. The van der Waals surface area contributed by atoms with Crippen LogP contribution in [-0.4, -0.2) is 45.7 Å². The van der Waals surface area contributed by atoms with Gasteiger partial charge in [0, 0.05) is 49.4 Å². The first-order valence-corrected chi connectivity index (χ1v) is 8.68. The third-order valence-electron chi connectivity index (χ3n) is 3.68. The van der Waals surface area contributed by atoms with Crippen LogP contribution in [0.2, 0.25) is 0 Å². The molecule has 0 saturated heterocycles. The molecular weight excluding hydrogens is 497 g/mol. The summed E-state index contributed by atoms with van der Waals surface area (Å²) in [4.78, 5) is 10.6. The van der Waals surface area contributed by atoms with Gasteiger partial charge in [0.25, 0.3) is 0 Å². The van der Waals surface area contributed by atoms with Crippen LogP contribution in [0.4, 0.5) is 0 Å². The Hall–Kier alpha value is -1.13. The van der Waals surface area contributed by atoms with Gasteiger partial charge in [-0.3, -0.25) is 9.98 Å². The second-order valence-corrected chi connectivity index (χ2v) is 6.52. The Kier molecular flexibility index (Phi) is 9.44. The lowest BCUT2D eigenvalue weighted by molar-refractivity contribution is 0.186. The molecule has 0 spiro atoms. The predicted molar refractivity (Wildman–Crippen MR) is 115 cm³/mol. The highest BCUT2D eigenvalue weighted by molar-refractivity contribution is 14.0. The first-order valence-electron chi connectivity index (χ1n) is 7.89. The van der Waals surface area contributed by atoms with Crippen molar-refractivity contribution in [2.75, 3.05) is 20.1 Å². The molecule has 0 amide bonds. The van der Waals surface area contributed by atoms with E-state index in [9.17, 15) is 5.11 Å². The van der Waals surface area contributed by atoms with Crippen molar-refractivity contribution in [3.05, 3.63) is 52.5 Å². The van der Waals surface area contributed by atoms with Crippen molar-refractivity contribution in [1.29, 1.82) is 0 Å².